The molecule has 0 aliphatic heterocycles. The van der Waals surface area contributed by atoms with E-state index in [4.69, 9.17) is 4.74 Å². The predicted octanol–water partition coefficient (Wildman–Crippen LogP) is 0.584. The molecule has 1 aliphatic rings. The number of benzene rings is 1. The Morgan fingerprint density at radius 1 is 1.29 bits per heavy atom. The van der Waals surface area contributed by atoms with Crippen LogP contribution in [0.2, 0.25) is 0 Å². The van der Waals surface area contributed by atoms with Crippen LogP contribution < -0.4 is 10.0 Å². The standard InChI is InChI=1S/C17H20BrN3O6S/c18-12-3-5-13(6-4-12)28(25,26)21-14(9-22)16(24)27-10-15(23)20-17(11-19)7-1-2-8-17/h3-6,14,21-22H,1-2,7-10H2,(H,20,23). The average molecular weight is 474 g/mol. The Labute approximate surface area is 171 Å². The minimum Gasteiger partial charge on any atom is -0.454 e. The quantitative estimate of drug-likeness (QED) is 0.468. The van der Waals surface area contributed by atoms with Crippen LogP contribution in [0.4, 0.5) is 0 Å². The molecule has 0 spiro atoms. The zero-order valence-electron chi connectivity index (χ0n) is 14.9. The van der Waals surface area contributed by atoms with Gasteiger partial charge in [0, 0.05) is 4.47 Å². The highest BCUT2D eigenvalue weighted by atomic mass is 79.9. The Balaban J connectivity index is 1.93. The van der Waals surface area contributed by atoms with Crippen LogP contribution in [0.5, 0.6) is 0 Å². The summed E-state index contributed by atoms with van der Waals surface area (Å²) < 4.78 is 32.1. The van der Waals surface area contributed by atoms with Gasteiger partial charge in [0.1, 0.15) is 11.6 Å². The molecule has 1 unspecified atom stereocenters. The number of sulfonamides is 1. The summed E-state index contributed by atoms with van der Waals surface area (Å²) in [6, 6.07) is 6.17. The fourth-order valence-corrected chi connectivity index (χ4v) is 4.25. The Hall–Kier alpha value is -2.00. The number of aliphatic hydroxyl groups excluding tert-OH is 1. The Bertz CT molecular complexity index is 860. The molecule has 1 atom stereocenters. The first-order valence-corrected chi connectivity index (χ1v) is 10.8. The first-order valence-electron chi connectivity index (χ1n) is 8.49. The lowest BCUT2D eigenvalue weighted by molar-refractivity contribution is -0.151. The number of nitrogens with one attached hydrogen (secondary N) is 2. The van der Waals surface area contributed by atoms with Crippen molar-refractivity contribution >= 4 is 37.8 Å². The molecule has 0 aromatic heterocycles. The number of rotatable bonds is 8. The van der Waals surface area contributed by atoms with Crippen molar-refractivity contribution < 1.29 is 27.9 Å². The van der Waals surface area contributed by atoms with Crippen LogP contribution >= 0.6 is 15.9 Å². The summed E-state index contributed by atoms with van der Waals surface area (Å²) in [5, 5.41) is 21.1. The third-order valence-electron chi connectivity index (χ3n) is 4.28. The molecule has 152 valence electrons. The SMILES string of the molecule is N#CC1(NC(=O)COC(=O)C(CO)NS(=O)(=O)c2ccc(Br)cc2)CCCC1. The number of ether oxygens (including phenoxy) is 1. The molecule has 0 heterocycles. The van der Waals surface area contributed by atoms with Gasteiger partial charge in [0.05, 0.1) is 17.6 Å². The summed E-state index contributed by atoms with van der Waals surface area (Å²) >= 11 is 3.19. The van der Waals surface area contributed by atoms with Crippen LogP contribution in [0.3, 0.4) is 0 Å². The highest BCUT2D eigenvalue weighted by molar-refractivity contribution is 9.10. The van der Waals surface area contributed by atoms with E-state index in [1.807, 2.05) is 4.72 Å². The van der Waals surface area contributed by atoms with Gasteiger partial charge in [-0.15, -0.1) is 0 Å². The van der Waals surface area contributed by atoms with Crippen LogP contribution in [0.15, 0.2) is 33.6 Å². The number of aliphatic hydroxyl groups is 1. The number of esters is 1. The van der Waals surface area contributed by atoms with E-state index in [9.17, 15) is 28.4 Å². The van der Waals surface area contributed by atoms with Gasteiger partial charge in [-0.25, -0.2) is 8.42 Å². The van der Waals surface area contributed by atoms with Crippen molar-refractivity contribution in [3.05, 3.63) is 28.7 Å². The lowest BCUT2D eigenvalue weighted by Gasteiger charge is -2.22. The summed E-state index contributed by atoms with van der Waals surface area (Å²) in [5.41, 5.74) is -0.955. The van der Waals surface area contributed by atoms with E-state index in [1.165, 1.54) is 24.3 Å². The maximum Gasteiger partial charge on any atom is 0.327 e. The smallest absolute Gasteiger partial charge is 0.327 e. The van der Waals surface area contributed by atoms with E-state index in [-0.39, 0.29) is 4.90 Å². The number of amides is 1. The average Bonchev–Trinajstić information content (AvgIpc) is 3.13. The molecule has 9 nitrogen and oxygen atoms in total. The summed E-state index contributed by atoms with van der Waals surface area (Å²) in [5.74, 6) is -1.76. The van der Waals surface area contributed by atoms with Crippen LogP contribution in [0.25, 0.3) is 0 Å². The maximum atomic E-state index is 12.3. The summed E-state index contributed by atoms with van der Waals surface area (Å²) in [6.45, 7) is -1.53. The zero-order chi connectivity index (χ0) is 20.8. The molecule has 1 fully saturated rings. The number of nitriles is 1. The molecule has 1 aliphatic carbocycles. The number of nitrogens with zero attached hydrogens (tertiary/aromatic N) is 1. The third-order valence-corrected chi connectivity index (χ3v) is 6.30. The summed E-state index contributed by atoms with van der Waals surface area (Å²) in [6.07, 6.45) is 2.68. The second-order valence-corrected chi connectivity index (χ2v) is 9.00. The number of hydrogen-bond acceptors (Lipinski definition) is 7. The highest BCUT2D eigenvalue weighted by Crippen LogP contribution is 2.28. The molecule has 1 saturated carbocycles. The van der Waals surface area contributed by atoms with E-state index in [0.717, 1.165) is 12.8 Å². The van der Waals surface area contributed by atoms with Gasteiger partial charge in [-0.1, -0.05) is 15.9 Å². The minimum absolute atomic E-state index is 0.100. The maximum absolute atomic E-state index is 12.3. The second kappa shape index (κ2) is 9.47. The fourth-order valence-electron chi connectivity index (χ4n) is 2.81. The van der Waals surface area contributed by atoms with E-state index in [2.05, 4.69) is 27.3 Å². The van der Waals surface area contributed by atoms with Gasteiger partial charge in [-0.2, -0.15) is 9.98 Å². The van der Waals surface area contributed by atoms with Gasteiger partial charge in [0.25, 0.3) is 5.91 Å². The van der Waals surface area contributed by atoms with Gasteiger partial charge in [0.2, 0.25) is 10.0 Å². The molecule has 2 rings (SSSR count). The van der Waals surface area contributed by atoms with Crippen LogP contribution in [-0.4, -0.2) is 50.2 Å². The van der Waals surface area contributed by atoms with Crippen molar-refractivity contribution in [2.45, 2.75) is 42.2 Å². The van der Waals surface area contributed by atoms with E-state index >= 15 is 0 Å². The predicted molar refractivity (Wildman–Crippen MR) is 101 cm³/mol. The molecule has 1 amide bonds. The van der Waals surface area contributed by atoms with E-state index in [1.54, 1.807) is 0 Å². The van der Waals surface area contributed by atoms with Gasteiger partial charge >= 0.3 is 5.97 Å². The van der Waals surface area contributed by atoms with Crippen molar-refractivity contribution in [3.8, 4) is 6.07 Å². The van der Waals surface area contributed by atoms with Crippen LogP contribution in [0, 0.1) is 11.3 Å². The Morgan fingerprint density at radius 2 is 1.89 bits per heavy atom. The van der Waals surface area contributed by atoms with Crippen LogP contribution in [0.1, 0.15) is 25.7 Å². The molecule has 1 aromatic carbocycles. The van der Waals surface area contributed by atoms with Crippen molar-refractivity contribution in [2.75, 3.05) is 13.2 Å². The molecule has 1 aromatic rings. The number of carbonyl (C=O) groups excluding carboxylic acids is 2. The van der Waals surface area contributed by atoms with Crippen molar-refractivity contribution in [1.29, 1.82) is 5.26 Å². The molecule has 28 heavy (non-hydrogen) atoms. The molecule has 0 radical (unpaired) electrons. The Morgan fingerprint density at radius 3 is 2.43 bits per heavy atom. The van der Waals surface area contributed by atoms with Gasteiger partial charge in [-0.05, 0) is 49.9 Å². The minimum atomic E-state index is -4.08. The van der Waals surface area contributed by atoms with Gasteiger partial charge < -0.3 is 15.2 Å². The number of hydrogen-bond donors (Lipinski definition) is 3. The van der Waals surface area contributed by atoms with E-state index in [0.29, 0.717) is 17.3 Å². The fraction of sp³-hybridized carbons (Fsp3) is 0.471. The molecular weight excluding hydrogens is 454 g/mol. The van der Waals surface area contributed by atoms with Gasteiger partial charge in [-0.3, -0.25) is 9.59 Å². The molecule has 11 heteroatoms. The van der Waals surface area contributed by atoms with Crippen molar-refractivity contribution in [3.63, 3.8) is 0 Å². The first kappa shape index (κ1) is 22.3. The molecule has 3 N–H and O–H groups in total. The number of halogens is 1. The monoisotopic (exact) mass is 473 g/mol. The highest BCUT2D eigenvalue weighted by Gasteiger charge is 2.35. The molecule has 0 bridgehead atoms. The molecule has 0 saturated heterocycles. The van der Waals surface area contributed by atoms with E-state index < -0.39 is 46.7 Å². The largest absolute Gasteiger partial charge is 0.454 e. The molecular formula is C17H20BrN3O6S. The zero-order valence-corrected chi connectivity index (χ0v) is 17.3. The Kier molecular flexibility index (Phi) is 7.54. The van der Waals surface area contributed by atoms with Crippen molar-refractivity contribution in [2.24, 2.45) is 0 Å². The van der Waals surface area contributed by atoms with Gasteiger partial charge in [0.15, 0.2) is 6.61 Å². The summed E-state index contributed by atoms with van der Waals surface area (Å²) in [4.78, 5) is 23.9. The topological polar surface area (TPSA) is 146 Å². The van der Waals surface area contributed by atoms with Crippen LogP contribution in [-0.2, 0) is 24.3 Å². The van der Waals surface area contributed by atoms with Crippen molar-refractivity contribution in [1.82, 2.24) is 10.0 Å². The second-order valence-electron chi connectivity index (χ2n) is 6.37. The number of carbonyl (C=O) groups is 2. The third kappa shape index (κ3) is 5.75. The normalized spacial score (nSPS) is 16.8. The first-order chi connectivity index (χ1) is 13.2. The lowest BCUT2D eigenvalue weighted by Crippen LogP contribution is -2.48. The lowest BCUT2D eigenvalue weighted by atomic mass is 10.00. The summed E-state index contributed by atoms with van der Waals surface area (Å²) in [7, 11) is -4.08.